The van der Waals surface area contributed by atoms with Crippen LogP contribution in [-0.2, 0) is 0 Å². The molecule has 0 aromatic carbocycles. The van der Waals surface area contributed by atoms with Gasteiger partial charge < -0.3 is 10.0 Å². The molecule has 0 bridgehead atoms. The summed E-state index contributed by atoms with van der Waals surface area (Å²) in [4.78, 5) is 2.45. The van der Waals surface area contributed by atoms with Gasteiger partial charge in [-0.15, -0.1) is 0 Å². The lowest BCUT2D eigenvalue weighted by atomic mass is 9.97. The Morgan fingerprint density at radius 1 is 1.42 bits per heavy atom. The molecule has 12 heavy (non-hydrogen) atoms. The van der Waals surface area contributed by atoms with Crippen molar-refractivity contribution < 1.29 is 5.11 Å². The maximum atomic E-state index is 9.74. The van der Waals surface area contributed by atoms with Gasteiger partial charge in [0.05, 0.1) is 6.10 Å². The maximum absolute atomic E-state index is 9.74. The van der Waals surface area contributed by atoms with Crippen molar-refractivity contribution in [2.75, 3.05) is 19.6 Å². The number of hydrogen-bond donors (Lipinski definition) is 1. The van der Waals surface area contributed by atoms with Gasteiger partial charge in [-0.05, 0) is 38.3 Å². The highest BCUT2D eigenvalue weighted by Gasteiger charge is 2.22. The smallest absolute Gasteiger partial charge is 0.0581 e. The minimum absolute atomic E-state index is 0.0495. The second-order valence-corrected chi connectivity index (χ2v) is 3.77. The molecule has 72 valence electrons. The van der Waals surface area contributed by atoms with Crippen LogP contribution in [0.25, 0.3) is 0 Å². The Kier molecular flexibility index (Phi) is 4.02. The van der Waals surface area contributed by atoms with Crippen LogP contribution in [0.2, 0.25) is 0 Å². The molecule has 2 nitrogen and oxygen atoms in total. The normalized spacial score (nSPS) is 33.2. The van der Waals surface area contributed by atoms with Crippen LogP contribution < -0.4 is 0 Å². The second kappa shape index (κ2) is 4.83. The number of nitrogens with zero attached hydrogens (tertiary/aromatic N) is 1. The third-order valence-corrected chi connectivity index (χ3v) is 2.98. The maximum Gasteiger partial charge on any atom is 0.0581 e. The number of likely N-dealkylation sites (tertiary alicyclic amines) is 1. The largest absolute Gasteiger partial charge is 0.393 e. The van der Waals surface area contributed by atoms with Gasteiger partial charge in [-0.2, -0.15) is 0 Å². The number of aliphatic hydroxyl groups excluding tert-OH is 1. The molecular formula is C10H21NO. The molecule has 0 aliphatic carbocycles. The fourth-order valence-electron chi connectivity index (χ4n) is 1.99. The molecule has 1 N–H and O–H groups in total. The Morgan fingerprint density at radius 2 is 2.17 bits per heavy atom. The second-order valence-electron chi connectivity index (χ2n) is 3.77. The molecule has 1 heterocycles. The van der Waals surface area contributed by atoms with Crippen LogP contribution >= 0.6 is 0 Å². The molecule has 0 saturated carbocycles. The zero-order valence-corrected chi connectivity index (χ0v) is 8.29. The minimum Gasteiger partial charge on any atom is -0.393 e. The van der Waals surface area contributed by atoms with E-state index in [0.717, 1.165) is 32.4 Å². The van der Waals surface area contributed by atoms with E-state index in [4.69, 9.17) is 0 Å². The van der Waals surface area contributed by atoms with Crippen molar-refractivity contribution in [1.29, 1.82) is 0 Å². The number of aliphatic hydroxyl groups is 1. The third kappa shape index (κ3) is 2.46. The first-order chi connectivity index (χ1) is 5.77. The monoisotopic (exact) mass is 171 g/mol. The Morgan fingerprint density at radius 3 is 2.75 bits per heavy atom. The summed E-state index contributed by atoms with van der Waals surface area (Å²) in [6, 6.07) is 0. The van der Waals surface area contributed by atoms with Gasteiger partial charge >= 0.3 is 0 Å². The van der Waals surface area contributed by atoms with Crippen molar-refractivity contribution >= 4 is 0 Å². The van der Waals surface area contributed by atoms with Crippen LogP contribution in [0, 0.1) is 5.92 Å². The average molecular weight is 171 g/mol. The molecule has 1 aliphatic rings. The zero-order chi connectivity index (χ0) is 8.97. The highest BCUT2D eigenvalue weighted by molar-refractivity contribution is 4.76. The Balaban J connectivity index is 2.46. The summed E-state index contributed by atoms with van der Waals surface area (Å²) in [5.41, 5.74) is 0. The lowest BCUT2D eigenvalue weighted by Gasteiger charge is -2.23. The van der Waals surface area contributed by atoms with Crippen molar-refractivity contribution in [3.05, 3.63) is 0 Å². The van der Waals surface area contributed by atoms with Crippen molar-refractivity contribution in [2.45, 2.75) is 39.2 Å². The lowest BCUT2D eigenvalue weighted by Crippen LogP contribution is -2.31. The summed E-state index contributed by atoms with van der Waals surface area (Å²) in [6.07, 6.45) is 3.21. The van der Waals surface area contributed by atoms with Gasteiger partial charge in [-0.3, -0.25) is 0 Å². The predicted molar refractivity (Wildman–Crippen MR) is 51.1 cm³/mol. The first-order valence-corrected chi connectivity index (χ1v) is 5.18. The van der Waals surface area contributed by atoms with Gasteiger partial charge in [0.25, 0.3) is 0 Å². The van der Waals surface area contributed by atoms with Crippen LogP contribution in [0.15, 0.2) is 0 Å². The molecule has 0 aromatic rings. The van der Waals surface area contributed by atoms with E-state index >= 15 is 0 Å². The Hall–Kier alpha value is -0.0800. The molecule has 1 fully saturated rings. The van der Waals surface area contributed by atoms with Crippen molar-refractivity contribution in [3.8, 4) is 0 Å². The number of hydrogen-bond acceptors (Lipinski definition) is 2. The van der Waals surface area contributed by atoms with E-state index in [1.165, 1.54) is 6.54 Å². The summed E-state index contributed by atoms with van der Waals surface area (Å²) in [7, 11) is 0. The summed E-state index contributed by atoms with van der Waals surface area (Å²) in [6.45, 7) is 7.76. The van der Waals surface area contributed by atoms with Gasteiger partial charge in [0, 0.05) is 6.54 Å². The summed E-state index contributed by atoms with van der Waals surface area (Å²) in [5, 5.41) is 9.74. The van der Waals surface area contributed by atoms with Crippen LogP contribution in [0.1, 0.15) is 33.1 Å². The predicted octanol–water partition coefficient (Wildman–Crippen LogP) is 1.49. The van der Waals surface area contributed by atoms with E-state index in [9.17, 15) is 5.11 Å². The summed E-state index contributed by atoms with van der Waals surface area (Å²) in [5.74, 6) is 0.507. The van der Waals surface area contributed by atoms with E-state index in [1.54, 1.807) is 0 Å². The zero-order valence-electron chi connectivity index (χ0n) is 8.29. The molecule has 0 spiro atoms. The van der Waals surface area contributed by atoms with Crippen molar-refractivity contribution in [1.82, 2.24) is 4.90 Å². The lowest BCUT2D eigenvalue weighted by molar-refractivity contribution is 0.0926. The molecular weight excluding hydrogens is 150 g/mol. The van der Waals surface area contributed by atoms with Crippen LogP contribution in [0.5, 0.6) is 0 Å². The molecule has 0 radical (unpaired) electrons. The molecule has 2 atom stereocenters. The van der Waals surface area contributed by atoms with Crippen LogP contribution in [-0.4, -0.2) is 35.7 Å². The molecule has 2 heteroatoms. The number of rotatable bonds is 2. The van der Waals surface area contributed by atoms with E-state index in [2.05, 4.69) is 18.7 Å². The molecule has 0 unspecified atom stereocenters. The highest BCUT2D eigenvalue weighted by atomic mass is 16.3. The third-order valence-electron chi connectivity index (χ3n) is 2.98. The Bertz CT molecular complexity index is 127. The standard InChI is InChI=1S/C10H21NO/c1-3-9-8-11(4-2)7-5-6-10(9)12/h9-10,12H,3-8H2,1-2H3/t9-,10+/m1/s1. The fraction of sp³-hybridized carbons (Fsp3) is 1.00. The van der Waals surface area contributed by atoms with Crippen molar-refractivity contribution in [2.24, 2.45) is 5.92 Å². The van der Waals surface area contributed by atoms with Gasteiger partial charge in [-0.1, -0.05) is 13.8 Å². The van der Waals surface area contributed by atoms with Crippen LogP contribution in [0.4, 0.5) is 0 Å². The topological polar surface area (TPSA) is 23.5 Å². The average Bonchev–Trinajstić information content (AvgIpc) is 2.27. The van der Waals surface area contributed by atoms with E-state index in [-0.39, 0.29) is 6.10 Å². The molecule has 0 aromatic heterocycles. The molecule has 0 amide bonds. The van der Waals surface area contributed by atoms with Gasteiger partial charge in [-0.25, -0.2) is 0 Å². The van der Waals surface area contributed by atoms with Gasteiger partial charge in [0.2, 0.25) is 0 Å². The van der Waals surface area contributed by atoms with Crippen molar-refractivity contribution in [3.63, 3.8) is 0 Å². The van der Waals surface area contributed by atoms with Gasteiger partial charge in [0.15, 0.2) is 0 Å². The Labute approximate surface area is 75.6 Å². The fourth-order valence-corrected chi connectivity index (χ4v) is 1.99. The minimum atomic E-state index is -0.0495. The quantitative estimate of drug-likeness (QED) is 0.680. The highest BCUT2D eigenvalue weighted by Crippen LogP contribution is 2.19. The summed E-state index contributed by atoms with van der Waals surface area (Å²) < 4.78 is 0. The first kappa shape index (κ1) is 10.0. The van der Waals surface area contributed by atoms with E-state index in [0.29, 0.717) is 5.92 Å². The SMILES string of the molecule is CC[C@@H]1CN(CC)CCC[C@@H]1O. The molecule has 1 rings (SSSR count). The molecule has 1 aliphatic heterocycles. The first-order valence-electron chi connectivity index (χ1n) is 5.18. The molecule has 1 saturated heterocycles. The van der Waals surface area contributed by atoms with Crippen LogP contribution in [0.3, 0.4) is 0 Å². The van der Waals surface area contributed by atoms with Gasteiger partial charge in [0.1, 0.15) is 0 Å². The van der Waals surface area contributed by atoms with E-state index < -0.39 is 0 Å². The van der Waals surface area contributed by atoms with E-state index in [1.807, 2.05) is 0 Å². The summed E-state index contributed by atoms with van der Waals surface area (Å²) >= 11 is 0.